The van der Waals surface area contributed by atoms with E-state index in [0.717, 1.165) is 24.1 Å². The largest absolute Gasteiger partial charge is 0.370 e. The number of aryl methyl sites for hydroxylation is 2. The predicted octanol–water partition coefficient (Wildman–Crippen LogP) is 2.29. The second-order valence-electron chi connectivity index (χ2n) is 6.63. The summed E-state index contributed by atoms with van der Waals surface area (Å²) in [6.45, 7) is 6.33. The Hall–Kier alpha value is -3.02. The molecule has 0 radical (unpaired) electrons. The molecule has 1 aromatic heterocycles. The van der Waals surface area contributed by atoms with Crippen LogP contribution in [0.25, 0.3) is 11.0 Å². The highest BCUT2D eigenvalue weighted by Crippen LogP contribution is 2.18. The number of carbonyl (C=O) groups is 1. The first-order valence-electron chi connectivity index (χ1n) is 9.24. The highest BCUT2D eigenvalue weighted by Gasteiger charge is 2.13. The van der Waals surface area contributed by atoms with Crippen LogP contribution in [0.2, 0.25) is 0 Å². The highest BCUT2D eigenvalue weighted by atomic mass is 16.2. The Morgan fingerprint density at radius 3 is 2.44 bits per heavy atom. The van der Waals surface area contributed by atoms with Crippen molar-refractivity contribution < 1.29 is 4.79 Å². The lowest BCUT2D eigenvalue weighted by molar-refractivity contribution is -0.121. The van der Waals surface area contributed by atoms with Gasteiger partial charge < -0.3 is 10.2 Å². The topological polar surface area (TPSA) is 59.3 Å². The van der Waals surface area contributed by atoms with Crippen LogP contribution in [0.4, 0.5) is 5.69 Å². The van der Waals surface area contributed by atoms with Gasteiger partial charge in [-0.2, -0.15) is 0 Å². The zero-order valence-electron chi connectivity index (χ0n) is 16.1. The first-order chi connectivity index (χ1) is 13.0. The summed E-state index contributed by atoms with van der Waals surface area (Å²) >= 11 is 0. The molecule has 0 fully saturated rings. The highest BCUT2D eigenvalue weighted by molar-refractivity contribution is 5.80. The zero-order valence-corrected chi connectivity index (χ0v) is 16.1. The van der Waals surface area contributed by atoms with Gasteiger partial charge in [-0.15, -0.1) is 0 Å². The Balaban J connectivity index is 1.63. The monoisotopic (exact) mass is 366 g/mol. The van der Waals surface area contributed by atoms with Gasteiger partial charge in [-0.25, -0.2) is 4.79 Å². The minimum absolute atomic E-state index is 0.0245. The number of carbonyl (C=O) groups excluding carboxylic acids is 1. The van der Waals surface area contributed by atoms with Crippen molar-refractivity contribution in [3.05, 3.63) is 64.6 Å². The number of likely N-dealkylation sites (N-methyl/N-ethyl adjacent to an activating group) is 1. The summed E-state index contributed by atoms with van der Waals surface area (Å²) in [5.41, 5.74) is 3.82. The van der Waals surface area contributed by atoms with Crippen LogP contribution >= 0.6 is 0 Å². The Morgan fingerprint density at radius 2 is 1.74 bits per heavy atom. The van der Waals surface area contributed by atoms with E-state index in [-0.39, 0.29) is 18.1 Å². The molecule has 0 aliphatic rings. The van der Waals surface area contributed by atoms with E-state index in [0.29, 0.717) is 6.54 Å². The maximum absolute atomic E-state index is 12.4. The first kappa shape index (κ1) is 18.8. The third-order valence-corrected chi connectivity index (χ3v) is 4.90. The van der Waals surface area contributed by atoms with Gasteiger partial charge in [-0.1, -0.05) is 30.3 Å². The van der Waals surface area contributed by atoms with E-state index in [1.54, 1.807) is 11.6 Å². The van der Waals surface area contributed by atoms with Crippen LogP contribution in [0.1, 0.15) is 12.5 Å². The van der Waals surface area contributed by atoms with Gasteiger partial charge in [0, 0.05) is 32.4 Å². The van der Waals surface area contributed by atoms with Gasteiger partial charge in [0.2, 0.25) is 5.91 Å². The summed E-state index contributed by atoms with van der Waals surface area (Å²) in [6, 6.07) is 15.7. The molecule has 0 saturated heterocycles. The molecular formula is C21H26N4O2. The zero-order chi connectivity index (χ0) is 19.4. The molecule has 6 nitrogen and oxygen atoms in total. The van der Waals surface area contributed by atoms with Crippen LogP contribution in [-0.4, -0.2) is 34.7 Å². The SMILES string of the molecule is CCN(CCNC(=O)Cn1c(=O)n(C)c2ccccc21)c1ccccc1C. The van der Waals surface area contributed by atoms with Crippen molar-refractivity contribution in [3.63, 3.8) is 0 Å². The van der Waals surface area contributed by atoms with E-state index in [4.69, 9.17) is 0 Å². The number of imidazole rings is 1. The number of nitrogens with zero attached hydrogens (tertiary/aromatic N) is 3. The summed E-state index contributed by atoms with van der Waals surface area (Å²) in [6.07, 6.45) is 0. The summed E-state index contributed by atoms with van der Waals surface area (Å²) in [4.78, 5) is 27.0. The summed E-state index contributed by atoms with van der Waals surface area (Å²) in [5.74, 6) is -0.158. The van der Waals surface area contributed by atoms with Crippen LogP contribution in [-0.2, 0) is 18.4 Å². The van der Waals surface area contributed by atoms with Crippen molar-refractivity contribution in [2.24, 2.45) is 7.05 Å². The lowest BCUT2D eigenvalue weighted by Gasteiger charge is -2.25. The fourth-order valence-electron chi connectivity index (χ4n) is 3.41. The van der Waals surface area contributed by atoms with E-state index >= 15 is 0 Å². The van der Waals surface area contributed by atoms with Gasteiger partial charge in [0.25, 0.3) is 0 Å². The van der Waals surface area contributed by atoms with Crippen molar-refractivity contribution in [2.75, 3.05) is 24.5 Å². The van der Waals surface area contributed by atoms with Gasteiger partial charge >= 0.3 is 5.69 Å². The number of aromatic nitrogens is 2. The molecule has 2 aromatic carbocycles. The van der Waals surface area contributed by atoms with E-state index in [2.05, 4.69) is 36.2 Å². The summed E-state index contributed by atoms with van der Waals surface area (Å²) < 4.78 is 3.09. The normalized spacial score (nSPS) is 10.9. The number of anilines is 1. The Morgan fingerprint density at radius 1 is 1.07 bits per heavy atom. The number of fused-ring (bicyclic) bond motifs is 1. The molecule has 1 N–H and O–H groups in total. The van der Waals surface area contributed by atoms with E-state index in [1.165, 1.54) is 15.8 Å². The summed E-state index contributed by atoms with van der Waals surface area (Å²) in [5, 5.41) is 2.94. The van der Waals surface area contributed by atoms with Crippen LogP contribution < -0.4 is 15.9 Å². The second-order valence-corrected chi connectivity index (χ2v) is 6.63. The number of amides is 1. The van der Waals surface area contributed by atoms with Crippen molar-refractivity contribution in [1.82, 2.24) is 14.5 Å². The molecule has 0 bridgehead atoms. The fourth-order valence-corrected chi connectivity index (χ4v) is 3.41. The fraction of sp³-hybridized carbons (Fsp3) is 0.333. The molecule has 0 unspecified atom stereocenters. The molecule has 0 saturated carbocycles. The number of para-hydroxylation sites is 3. The lowest BCUT2D eigenvalue weighted by Crippen LogP contribution is -2.38. The van der Waals surface area contributed by atoms with Gasteiger partial charge in [0.15, 0.2) is 0 Å². The third kappa shape index (κ3) is 3.89. The molecule has 1 amide bonds. The third-order valence-electron chi connectivity index (χ3n) is 4.90. The molecule has 0 aliphatic carbocycles. The Bertz CT molecular complexity index is 1000. The quantitative estimate of drug-likeness (QED) is 0.698. The Labute approximate surface area is 159 Å². The molecule has 142 valence electrons. The minimum Gasteiger partial charge on any atom is -0.370 e. The average molecular weight is 366 g/mol. The minimum atomic E-state index is -0.179. The van der Waals surface area contributed by atoms with Gasteiger partial charge in [-0.05, 0) is 37.6 Å². The van der Waals surface area contributed by atoms with Crippen molar-refractivity contribution in [1.29, 1.82) is 0 Å². The number of benzene rings is 2. The Kier molecular flexibility index (Phi) is 5.64. The molecule has 3 rings (SSSR count). The number of nitrogens with one attached hydrogen (secondary N) is 1. The van der Waals surface area contributed by atoms with Crippen molar-refractivity contribution in [3.8, 4) is 0 Å². The van der Waals surface area contributed by atoms with Crippen LogP contribution in [0, 0.1) is 6.92 Å². The van der Waals surface area contributed by atoms with E-state index in [1.807, 2.05) is 36.4 Å². The molecule has 3 aromatic rings. The summed E-state index contributed by atoms with van der Waals surface area (Å²) in [7, 11) is 1.72. The van der Waals surface area contributed by atoms with Crippen molar-refractivity contribution >= 4 is 22.6 Å². The second kappa shape index (κ2) is 8.12. The van der Waals surface area contributed by atoms with Gasteiger partial charge in [0.05, 0.1) is 11.0 Å². The van der Waals surface area contributed by atoms with Crippen LogP contribution in [0.15, 0.2) is 53.3 Å². The first-order valence-corrected chi connectivity index (χ1v) is 9.24. The molecule has 0 spiro atoms. The standard InChI is InChI=1S/C21H26N4O2/c1-4-24(17-10-6-5-9-16(17)2)14-13-22-20(26)15-25-19-12-8-7-11-18(19)23(3)21(25)27/h5-12H,4,13-15H2,1-3H3,(H,22,26). The molecule has 0 aliphatic heterocycles. The molecule has 27 heavy (non-hydrogen) atoms. The van der Waals surface area contributed by atoms with Crippen LogP contribution in [0.5, 0.6) is 0 Å². The van der Waals surface area contributed by atoms with Crippen LogP contribution in [0.3, 0.4) is 0 Å². The number of hydrogen-bond donors (Lipinski definition) is 1. The number of rotatable bonds is 7. The van der Waals surface area contributed by atoms with Crippen molar-refractivity contribution in [2.45, 2.75) is 20.4 Å². The maximum Gasteiger partial charge on any atom is 0.329 e. The molecule has 1 heterocycles. The van der Waals surface area contributed by atoms with Gasteiger partial charge in [-0.3, -0.25) is 13.9 Å². The average Bonchev–Trinajstić information content (AvgIpc) is 2.91. The maximum atomic E-state index is 12.4. The smallest absolute Gasteiger partial charge is 0.329 e. The van der Waals surface area contributed by atoms with Gasteiger partial charge in [0.1, 0.15) is 6.54 Å². The lowest BCUT2D eigenvalue weighted by atomic mass is 10.2. The van der Waals surface area contributed by atoms with E-state index in [9.17, 15) is 9.59 Å². The number of hydrogen-bond acceptors (Lipinski definition) is 3. The molecule has 6 heteroatoms. The van der Waals surface area contributed by atoms with E-state index < -0.39 is 0 Å². The molecule has 0 atom stereocenters. The molecular weight excluding hydrogens is 340 g/mol. The predicted molar refractivity (Wildman–Crippen MR) is 109 cm³/mol.